The molecule has 4 nitrogen and oxygen atoms in total. The summed E-state index contributed by atoms with van der Waals surface area (Å²) in [5.74, 6) is 1.38. The van der Waals surface area contributed by atoms with Gasteiger partial charge >= 0.3 is 6.03 Å². The smallest absolute Gasteiger partial charge is 0.315 e. The number of carbonyl (C=O) groups is 1. The summed E-state index contributed by atoms with van der Waals surface area (Å²) in [6.45, 7) is 1.25. The van der Waals surface area contributed by atoms with E-state index in [9.17, 15) is 4.79 Å². The molecule has 2 N–H and O–H groups in total. The van der Waals surface area contributed by atoms with Crippen LogP contribution in [0.3, 0.4) is 0 Å². The van der Waals surface area contributed by atoms with Gasteiger partial charge in [0.2, 0.25) is 0 Å². The highest BCUT2D eigenvalue weighted by molar-refractivity contribution is 5.73. The Hall–Kier alpha value is -1.97. The van der Waals surface area contributed by atoms with Gasteiger partial charge in [-0.15, -0.1) is 0 Å². The molecule has 0 saturated heterocycles. The Morgan fingerprint density at radius 1 is 1.35 bits per heavy atom. The third-order valence-corrected chi connectivity index (χ3v) is 3.52. The molecule has 20 heavy (non-hydrogen) atoms. The Morgan fingerprint density at radius 2 is 2.25 bits per heavy atom. The molecule has 0 unspecified atom stereocenters. The lowest BCUT2D eigenvalue weighted by molar-refractivity contribution is 0.238. The van der Waals surface area contributed by atoms with Gasteiger partial charge in [0, 0.05) is 13.1 Å². The Labute approximate surface area is 120 Å². The maximum absolute atomic E-state index is 11.7. The van der Waals surface area contributed by atoms with Crippen LogP contribution in [0.4, 0.5) is 4.79 Å². The van der Waals surface area contributed by atoms with Gasteiger partial charge in [0.15, 0.2) is 0 Å². The minimum Gasteiger partial charge on any atom is -0.497 e. The van der Waals surface area contributed by atoms with Crippen molar-refractivity contribution in [3.05, 3.63) is 42.0 Å². The van der Waals surface area contributed by atoms with E-state index in [4.69, 9.17) is 4.74 Å². The molecule has 0 heterocycles. The van der Waals surface area contributed by atoms with Crippen LogP contribution in [0.5, 0.6) is 5.75 Å². The summed E-state index contributed by atoms with van der Waals surface area (Å²) in [4.78, 5) is 11.7. The van der Waals surface area contributed by atoms with Crippen molar-refractivity contribution < 1.29 is 9.53 Å². The Balaban J connectivity index is 1.70. The molecule has 2 rings (SSSR count). The first-order valence-corrected chi connectivity index (χ1v) is 7.07. The molecule has 0 radical (unpaired) electrons. The average Bonchev–Trinajstić information content (AvgIpc) is 2.52. The van der Waals surface area contributed by atoms with Crippen LogP contribution in [0, 0.1) is 5.92 Å². The number of nitrogens with one attached hydrogen (secondary N) is 2. The first-order valence-electron chi connectivity index (χ1n) is 7.07. The Bertz CT molecular complexity index is 471. The van der Waals surface area contributed by atoms with Crippen LogP contribution in [0.1, 0.15) is 24.8 Å². The van der Waals surface area contributed by atoms with Gasteiger partial charge in [0.1, 0.15) is 5.75 Å². The first-order chi connectivity index (χ1) is 9.78. The second kappa shape index (κ2) is 7.58. The molecule has 1 aliphatic carbocycles. The molecular formula is C16H22N2O2. The zero-order valence-corrected chi connectivity index (χ0v) is 11.9. The van der Waals surface area contributed by atoms with E-state index in [1.807, 2.05) is 24.3 Å². The standard InChI is InChI=1S/C16H22N2O2/c1-20-15-9-5-8-14(10-15)12-18-16(19)17-11-13-6-3-2-4-7-13/h2-3,5,8-10,13H,4,6-7,11-12H2,1H3,(H2,17,18,19)/t13-/m0/s1. The van der Waals surface area contributed by atoms with Gasteiger partial charge in [-0.25, -0.2) is 4.79 Å². The predicted octanol–water partition coefficient (Wildman–Crippen LogP) is 2.85. The zero-order chi connectivity index (χ0) is 14.2. The Morgan fingerprint density at radius 3 is 3.00 bits per heavy atom. The fraction of sp³-hybridized carbons (Fsp3) is 0.438. The highest BCUT2D eigenvalue weighted by atomic mass is 16.5. The van der Waals surface area contributed by atoms with Crippen LogP contribution in [-0.2, 0) is 6.54 Å². The summed E-state index contributed by atoms with van der Waals surface area (Å²) in [5, 5.41) is 5.80. The van der Waals surface area contributed by atoms with E-state index in [0.717, 1.165) is 37.1 Å². The van der Waals surface area contributed by atoms with Crippen molar-refractivity contribution in [1.82, 2.24) is 10.6 Å². The fourth-order valence-corrected chi connectivity index (χ4v) is 2.31. The van der Waals surface area contributed by atoms with Crippen LogP contribution in [0.2, 0.25) is 0 Å². The number of rotatable bonds is 5. The van der Waals surface area contributed by atoms with Crippen molar-refractivity contribution in [3.63, 3.8) is 0 Å². The monoisotopic (exact) mass is 274 g/mol. The van der Waals surface area contributed by atoms with Gasteiger partial charge in [-0.2, -0.15) is 0 Å². The van der Waals surface area contributed by atoms with Crippen LogP contribution < -0.4 is 15.4 Å². The van der Waals surface area contributed by atoms with Crippen molar-refractivity contribution >= 4 is 6.03 Å². The number of benzene rings is 1. The van der Waals surface area contributed by atoms with Gasteiger partial charge < -0.3 is 15.4 Å². The van der Waals surface area contributed by atoms with Gasteiger partial charge in [-0.1, -0.05) is 24.3 Å². The maximum Gasteiger partial charge on any atom is 0.315 e. The third kappa shape index (κ3) is 4.61. The van der Waals surface area contributed by atoms with Crippen LogP contribution in [0.15, 0.2) is 36.4 Å². The minimum atomic E-state index is -0.109. The second-order valence-corrected chi connectivity index (χ2v) is 5.07. The summed E-state index contributed by atoms with van der Waals surface area (Å²) in [6.07, 6.45) is 7.75. The van der Waals surface area contributed by atoms with Gasteiger partial charge in [-0.3, -0.25) is 0 Å². The molecule has 0 aromatic heterocycles. The van der Waals surface area contributed by atoms with Gasteiger partial charge in [0.25, 0.3) is 0 Å². The maximum atomic E-state index is 11.7. The van der Waals surface area contributed by atoms with Crippen molar-refractivity contribution in [2.75, 3.05) is 13.7 Å². The van der Waals surface area contributed by atoms with Crippen molar-refractivity contribution in [3.8, 4) is 5.75 Å². The molecule has 0 bridgehead atoms. The summed E-state index contributed by atoms with van der Waals surface area (Å²) in [6, 6.07) is 7.59. The Kier molecular flexibility index (Phi) is 5.47. The fourth-order valence-electron chi connectivity index (χ4n) is 2.31. The molecule has 1 aromatic rings. The van der Waals surface area contributed by atoms with E-state index < -0.39 is 0 Å². The molecule has 1 aromatic carbocycles. The van der Waals surface area contributed by atoms with Crippen molar-refractivity contribution in [1.29, 1.82) is 0 Å². The molecule has 2 amide bonds. The number of allylic oxidation sites excluding steroid dienone is 2. The van der Waals surface area contributed by atoms with E-state index in [-0.39, 0.29) is 6.03 Å². The number of methoxy groups -OCH3 is 1. The second-order valence-electron chi connectivity index (χ2n) is 5.07. The number of carbonyl (C=O) groups excluding carboxylic acids is 1. The zero-order valence-electron chi connectivity index (χ0n) is 11.9. The van der Waals surface area contributed by atoms with E-state index in [0.29, 0.717) is 12.5 Å². The third-order valence-electron chi connectivity index (χ3n) is 3.52. The molecule has 0 fully saturated rings. The van der Waals surface area contributed by atoms with Crippen molar-refractivity contribution in [2.45, 2.75) is 25.8 Å². The lowest BCUT2D eigenvalue weighted by Gasteiger charge is -2.18. The minimum absolute atomic E-state index is 0.109. The first kappa shape index (κ1) is 14.4. The molecule has 1 atom stereocenters. The quantitative estimate of drug-likeness (QED) is 0.811. The van der Waals surface area contributed by atoms with E-state index in [1.165, 1.54) is 0 Å². The molecule has 0 spiro atoms. The SMILES string of the molecule is COc1cccc(CNC(=O)NC[C@H]2CC=CCC2)c1. The highest BCUT2D eigenvalue weighted by Crippen LogP contribution is 2.16. The van der Waals surface area contributed by atoms with E-state index >= 15 is 0 Å². The summed E-state index contributed by atoms with van der Waals surface area (Å²) < 4.78 is 5.15. The van der Waals surface area contributed by atoms with E-state index in [1.54, 1.807) is 7.11 Å². The largest absolute Gasteiger partial charge is 0.497 e. The van der Waals surface area contributed by atoms with E-state index in [2.05, 4.69) is 22.8 Å². The molecule has 108 valence electrons. The molecular weight excluding hydrogens is 252 g/mol. The van der Waals surface area contributed by atoms with Gasteiger partial charge in [-0.05, 0) is 42.9 Å². The average molecular weight is 274 g/mol. The number of amides is 2. The summed E-state index contributed by atoms with van der Waals surface area (Å²) in [7, 11) is 1.64. The topological polar surface area (TPSA) is 50.4 Å². The van der Waals surface area contributed by atoms with Crippen molar-refractivity contribution in [2.24, 2.45) is 5.92 Å². The van der Waals surface area contributed by atoms with Crippen LogP contribution in [0.25, 0.3) is 0 Å². The molecule has 0 saturated carbocycles. The number of urea groups is 1. The normalized spacial score (nSPS) is 17.6. The number of hydrogen-bond donors (Lipinski definition) is 2. The molecule has 0 aliphatic heterocycles. The van der Waals surface area contributed by atoms with Crippen LogP contribution >= 0.6 is 0 Å². The summed E-state index contributed by atoms with van der Waals surface area (Å²) in [5.41, 5.74) is 1.03. The van der Waals surface area contributed by atoms with Gasteiger partial charge in [0.05, 0.1) is 7.11 Å². The highest BCUT2D eigenvalue weighted by Gasteiger charge is 2.10. The lowest BCUT2D eigenvalue weighted by Crippen LogP contribution is -2.38. The summed E-state index contributed by atoms with van der Waals surface area (Å²) >= 11 is 0. The lowest BCUT2D eigenvalue weighted by atomic mass is 9.94. The number of ether oxygens (including phenoxy) is 1. The number of hydrogen-bond acceptors (Lipinski definition) is 2. The predicted molar refractivity (Wildman–Crippen MR) is 79.7 cm³/mol. The molecule has 1 aliphatic rings. The molecule has 4 heteroatoms. The van der Waals surface area contributed by atoms with Crippen LogP contribution in [-0.4, -0.2) is 19.7 Å².